The molecule has 0 fully saturated rings. The van der Waals surface area contributed by atoms with Crippen LogP contribution in [0.5, 0.6) is 0 Å². The zero-order valence-electron chi connectivity index (χ0n) is 8.90. The summed E-state index contributed by atoms with van der Waals surface area (Å²) in [5.41, 5.74) is 1.98. The highest BCUT2D eigenvalue weighted by Crippen LogP contribution is 2.39. The standard InChI is InChI=1S/C13H8Cl3F/c1-7-4-8(6-9(17)5-7)12-10(14)2-3-11(15)13(12)16/h2-6H,1H3. The predicted molar refractivity (Wildman–Crippen MR) is 71.6 cm³/mol. The summed E-state index contributed by atoms with van der Waals surface area (Å²) in [6.07, 6.45) is 0. The summed E-state index contributed by atoms with van der Waals surface area (Å²) in [7, 11) is 0. The monoisotopic (exact) mass is 288 g/mol. The molecule has 2 aromatic carbocycles. The van der Waals surface area contributed by atoms with Crippen molar-refractivity contribution in [3.63, 3.8) is 0 Å². The van der Waals surface area contributed by atoms with Gasteiger partial charge < -0.3 is 0 Å². The maximum Gasteiger partial charge on any atom is 0.124 e. The van der Waals surface area contributed by atoms with E-state index in [9.17, 15) is 4.39 Å². The minimum atomic E-state index is -0.327. The smallest absolute Gasteiger partial charge is 0.124 e. The molecule has 0 N–H and O–H groups in total. The van der Waals surface area contributed by atoms with Crippen LogP contribution in [0.1, 0.15) is 5.56 Å². The second-order valence-electron chi connectivity index (χ2n) is 3.74. The Kier molecular flexibility index (Phi) is 3.62. The maximum atomic E-state index is 13.4. The molecule has 0 saturated heterocycles. The molecule has 0 atom stereocenters. The SMILES string of the molecule is Cc1cc(F)cc(-c2c(Cl)ccc(Cl)c2Cl)c1. The van der Waals surface area contributed by atoms with Gasteiger partial charge in [0.2, 0.25) is 0 Å². The van der Waals surface area contributed by atoms with Crippen LogP contribution in [0.15, 0.2) is 30.3 Å². The van der Waals surface area contributed by atoms with E-state index in [1.165, 1.54) is 12.1 Å². The normalized spacial score (nSPS) is 10.6. The summed E-state index contributed by atoms with van der Waals surface area (Å²) in [6.45, 7) is 1.80. The maximum absolute atomic E-state index is 13.4. The Hall–Kier alpha value is -0.760. The lowest BCUT2D eigenvalue weighted by molar-refractivity contribution is 0.627. The molecule has 0 radical (unpaired) electrons. The van der Waals surface area contributed by atoms with Crippen molar-refractivity contribution in [2.45, 2.75) is 6.92 Å². The molecule has 0 aromatic heterocycles. The van der Waals surface area contributed by atoms with E-state index in [1.807, 2.05) is 6.07 Å². The van der Waals surface area contributed by atoms with E-state index in [4.69, 9.17) is 34.8 Å². The van der Waals surface area contributed by atoms with E-state index >= 15 is 0 Å². The fourth-order valence-corrected chi connectivity index (χ4v) is 2.42. The third-order valence-electron chi connectivity index (χ3n) is 2.37. The molecule has 0 nitrogen and oxygen atoms in total. The highest BCUT2D eigenvalue weighted by atomic mass is 35.5. The molecule has 0 unspecified atom stereocenters. The third-order valence-corrected chi connectivity index (χ3v) is 3.49. The van der Waals surface area contributed by atoms with Crippen LogP contribution in [0, 0.1) is 12.7 Å². The molecule has 0 bridgehead atoms. The Labute approximate surface area is 114 Å². The van der Waals surface area contributed by atoms with E-state index in [0.29, 0.717) is 26.2 Å². The molecule has 0 spiro atoms. The van der Waals surface area contributed by atoms with Crippen LogP contribution in [-0.2, 0) is 0 Å². The van der Waals surface area contributed by atoms with Gasteiger partial charge in [0.05, 0.1) is 10.0 Å². The third kappa shape index (κ3) is 2.57. The minimum Gasteiger partial charge on any atom is -0.207 e. The van der Waals surface area contributed by atoms with Gasteiger partial charge in [-0.1, -0.05) is 40.9 Å². The molecule has 0 aliphatic carbocycles. The molecule has 0 aliphatic heterocycles. The van der Waals surface area contributed by atoms with Crippen LogP contribution in [0.25, 0.3) is 11.1 Å². The van der Waals surface area contributed by atoms with Crippen LogP contribution >= 0.6 is 34.8 Å². The van der Waals surface area contributed by atoms with Crippen molar-refractivity contribution >= 4 is 34.8 Å². The van der Waals surface area contributed by atoms with Crippen LogP contribution in [0.3, 0.4) is 0 Å². The fourth-order valence-electron chi connectivity index (χ4n) is 1.67. The number of hydrogen-bond donors (Lipinski definition) is 0. The number of aryl methyl sites for hydroxylation is 1. The average Bonchev–Trinajstić information content (AvgIpc) is 2.23. The molecule has 0 heterocycles. The average molecular weight is 290 g/mol. The first-order valence-corrected chi connectivity index (χ1v) is 6.03. The van der Waals surface area contributed by atoms with Gasteiger partial charge in [0, 0.05) is 10.6 Å². The summed E-state index contributed by atoms with van der Waals surface area (Å²) >= 11 is 18.1. The second kappa shape index (κ2) is 4.85. The summed E-state index contributed by atoms with van der Waals surface area (Å²) in [4.78, 5) is 0. The fraction of sp³-hybridized carbons (Fsp3) is 0.0769. The molecule has 88 valence electrons. The van der Waals surface area contributed by atoms with Crippen LogP contribution in [0.4, 0.5) is 4.39 Å². The summed E-state index contributed by atoms with van der Waals surface area (Å²) in [5, 5.41) is 1.18. The van der Waals surface area contributed by atoms with E-state index in [2.05, 4.69) is 0 Å². The van der Waals surface area contributed by atoms with Gasteiger partial charge >= 0.3 is 0 Å². The predicted octanol–water partition coefficient (Wildman–Crippen LogP) is 5.76. The van der Waals surface area contributed by atoms with Gasteiger partial charge in [0.25, 0.3) is 0 Å². The lowest BCUT2D eigenvalue weighted by Crippen LogP contribution is -1.86. The van der Waals surface area contributed by atoms with Gasteiger partial charge in [-0.3, -0.25) is 0 Å². The first-order chi connectivity index (χ1) is 7.99. The molecule has 2 rings (SSSR count). The molecular weight excluding hydrogens is 282 g/mol. The Morgan fingerprint density at radius 2 is 1.59 bits per heavy atom. The first-order valence-electron chi connectivity index (χ1n) is 4.90. The van der Waals surface area contributed by atoms with Crippen molar-refractivity contribution in [1.82, 2.24) is 0 Å². The van der Waals surface area contributed by atoms with Gasteiger partial charge in [-0.05, 0) is 42.3 Å². The van der Waals surface area contributed by atoms with Gasteiger partial charge in [-0.2, -0.15) is 0 Å². The Bertz CT molecular complexity index is 559. The number of rotatable bonds is 1. The van der Waals surface area contributed by atoms with Crippen molar-refractivity contribution in [1.29, 1.82) is 0 Å². The summed E-state index contributed by atoms with van der Waals surface area (Å²) < 4.78 is 13.4. The highest BCUT2D eigenvalue weighted by molar-refractivity contribution is 6.46. The Morgan fingerprint density at radius 3 is 2.24 bits per heavy atom. The lowest BCUT2D eigenvalue weighted by atomic mass is 10.0. The van der Waals surface area contributed by atoms with E-state index < -0.39 is 0 Å². The molecule has 0 amide bonds. The lowest BCUT2D eigenvalue weighted by Gasteiger charge is -2.09. The zero-order chi connectivity index (χ0) is 12.6. The van der Waals surface area contributed by atoms with Crippen molar-refractivity contribution in [3.8, 4) is 11.1 Å². The topological polar surface area (TPSA) is 0 Å². The van der Waals surface area contributed by atoms with E-state index in [0.717, 1.165) is 5.56 Å². The van der Waals surface area contributed by atoms with Crippen LogP contribution in [-0.4, -0.2) is 0 Å². The zero-order valence-corrected chi connectivity index (χ0v) is 11.2. The van der Waals surface area contributed by atoms with Crippen molar-refractivity contribution < 1.29 is 4.39 Å². The van der Waals surface area contributed by atoms with Crippen LogP contribution < -0.4 is 0 Å². The van der Waals surface area contributed by atoms with Gasteiger partial charge in [-0.15, -0.1) is 0 Å². The Morgan fingerprint density at radius 1 is 0.941 bits per heavy atom. The molecule has 17 heavy (non-hydrogen) atoms. The van der Waals surface area contributed by atoms with E-state index in [-0.39, 0.29) is 5.82 Å². The second-order valence-corrected chi connectivity index (χ2v) is 4.93. The van der Waals surface area contributed by atoms with Gasteiger partial charge in [-0.25, -0.2) is 4.39 Å². The van der Waals surface area contributed by atoms with E-state index in [1.54, 1.807) is 19.1 Å². The van der Waals surface area contributed by atoms with Crippen molar-refractivity contribution in [3.05, 3.63) is 56.8 Å². The highest BCUT2D eigenvalue weighted by Gasteiger charge is 2.12. The summed E-state index contributed by atoms with van der Waals surface area (Å²) in [5.74, 6) is -0.327. The largest absolute Gasteiger partial charge is 0.207 e. The number of halogens is 4. The minimum absolute atomic E-state index is 0.327. The molecule has 0 aliphatic rings. The van der Waals surface area contributed by atoms with Gasteiger partial charge in [0.1, 0.15) is 5.82 Å². The van der Waals surface area contributed by atoms with Gasteiger partial charge in [0.15, 0.2) is 0 Å². The Balaban J connectivity index is 2.72. The molecular formula is C13H8Cl3F. The molecule has 4 heteroatoms. The molecule has 2 aromatic rings. The van der Waals surface area contributed by atoms with Crippen molar-refractivity contribution in [2.75, 3.05) is 0 Å². The van der Waals surface area contributed by atoms with Crippen molar-refractivity contribution in [2.24, 2.45) is 0 Å². The summed E-state index contributed by atoms with van der Waals surface area (Å²) in [6, 6.07) is 7.89. The van der Waals surface area contributed by atoms with Crippen LogP contribution in [0.2, 0.25) is 15.1 Å². The number of hydrogen-bond acceptors (Lipinski definition) is 0. The quantitative estimate of drug-likeness (QED) is 0.585. The molecule has 0 saturated carbocycles. The number of benzene rings is 2. The first kappa shape index (κ1) is 12.7.